The molecule has 1 amide bonds. The fourth-order valence-corrected chi connectivity index (χ4v) is 5.84. The number of hydrogen-bond acceptors (Lipinski definition) is 6. The van der Waals surface area contributed by atoms with E-state index < -0.39 is 0 Å². The molecule has 2 aromatic heterocycles. The maximum Gasteiger partial charge on any atom is 0.264 e. The maximum absolute atomic E-state index is 13.2. The number of carbonyl (C=O) groups is 1. The first-order valence-electron chi connectivity index (χ1n) is 10.2. The van der Waals surface area contributed by atoms with Crippen molar-refractivity contribution in [2.24, 2.45) is 0 Å². The Kier molecular flexibility index (Phi) is 7.63. The van der Waals surface area contributed by atoms with Gasteiger partial charge in [-0.05, 0) is 49.7 Å². The number of ether oxygens (including phenoxy) is 1. The number of aromatic nitrogens is 1. The van der Waals surface area contributed by atoms with Crippen LogP contribution >= 0.6 is 36.2 Å². The maximum atomic E-state index is 13.2. The molecule has 2 aromatic rings. The largest absolute Gasteiger partial charge is 0.370 e. The highest BCUT2D eigenvalue weighted by Crippen LogP contribution is 2.43. The van der Waals surface area contributed by atoms with Crippen molar-refractivity contribution in [3.63, 3.8) is 0 Å². The van der Waals surface area contributed by atoms with Crippen molar-refractivity contribution in [1.82, 2.24) is 15.2 Å². The summed E-state index contributed by atoms with van der Waals surface area (Å²) in [7, 11) is 0. The minimum atomic E-state index is -0.173. The molecule has 0 radical (unpaired) electrons. The van der Waals surface area contributed by atoms with Gasteiger partial charge in [-0.25, -0.2) is 0 Å². The first-order chi connectivity index (χ1) is 13.8. The van der Waals surface area contributed by atoms with Gasteiger partial charge in [0.15, 0.2) is 0 Å². The van der Waals surface area contributed by atoms with Gasteiger partial charge in [0.05, 0.1) is 17.1 Å². The van der Waals surface area contributed by atoms with Crippen molar-refractivity contribution in [2.75, 3.05) is 50.8 Å². The Morgan fingerprint density at radius 3 is 2.50 bits per heavy atom. The standard InChI is InChI=1S/C21H26N4O2S.2ClH/c26-20(25-12-10-24(11-13-25)16-1-6-22-7-2-16)19-15-17-18(28-19)3-14-27-21(17)4-8-23-9-5-21;;/h1-2,6-7,15,23H,3-5,8-14H2;2*1H. The van der Waals surface area contributed by atoms with Crippen molar-refractivity contribution >= 4 is 47.7 Å². The normalized spacial score (nSPS) is 20.1. The van der Waals surface area contributed by atoms with Crippen LogP contribution in [0.1, 0.15) is 33.0 Å². The zero-order chi connectivity index (χ0) is 19.0. The highest BCUT2D eigenvalue weighted by Gasteiger charge is 2.41. The first-order valence-corrected chi connectivity index (χ1v) is 11.0. The van der Waals surface area contributed by atoms with Crippen LogP contribution < -0.4 is 10.2 Å². The second-order valence-electron chi connectivity index (χ2n) is 7.77. The van der Waals surface area contributed by atoms with E-state index >= 15 is 0 Å². The molecule has 0 aliphatic carbocycles. The average Bonchev–Trinajstić information content (AvgIpc) is 3.21. The van der Waals surface area contributed by atoms with Crippen LogP contribution in [0.4, 0.5) is 5.69 Å². The fraction of sp³-hybridized carbons (Fsp3) is 0.524. The van der Waals surface area contributed by atoms with E-state index in [1.54, 1.807) is 11.3 Å². The SMILES string of the molecule is Cl.Cl.O=C(c1cc2c(s1)CCOC21CCNCC1)N1CCN(c2ccncc2)CC1. The van der Waals surface area contributed by atoms with Crippen molar-refractivity contribution in [1.29, 1.82) is 0 Å². The van der Waals surface area contributed by atoms with E-state index in [2.05, 4.69) is 21.3 Å². The Morgan fingerprint density at radius 2 is 1.80 bits per heavy atom. The average molecular weight is 471 g/mol. The predicted octanol–water partition coefficient (Wildman–Crippen LogP) is 3.10. The Labute approximate surface area is 193 Å². The van der Waals surface area contributed by atoms with Crippen LogP contribution in [0, 0.1) is 0 Å². The number of thiophene rings is 1. The monoisotopic (exact) mass is 470 g/mol. The van der Waals surface area contributed by atoms with Crippen LogP contribution in [0.5, 0.6) is 0 Å². The Morgan fingerprint density at radius 1 is 1.10 bits per heavy atom. The molecule has 3 aliphatic heterocycles. The molecule has 5 heterocycles. The topological polar surface area (TPSA) is 57.7 Å². The van der Waals surface area contributed by atoms with Crippen LogP contribution in [0.15, 0.2) is 30.6 Å². The molecule has 2 saturated heterocycles. The zero-order valence-corrected chi connectivity index (χ0v) is 19.3. The number of halogens is 2. The van der Waals surface area contributed by atoms with Gasteiger partial charge >= 0.3 is 0 Å². The van der Waals surface area contributed by atoms with E-state index in [0.29, 0.717) is 0 Å². The molecule has 0 saturated carbocycles. The summed E-state index contributed by atoms with van der Waals surface area (Å²) in [6, 6.07) is 6.20. The van der Waals surface area contributed by atoms with E-state index in [1.807, 2.05) is 29.4 Å². The number of fused-ring (bicyclic) bond motifs is 2. The molecular formula is C21H28Cl2N4O2S. The number of pyridine rings is 1. The van der Waals surface area contributed by atoms with Crippen molar-refractivity contribution in [2.45, 2.75) is 24.9 Å². The number of nitrogens with one attached hydrogen (secondary N) is 1. The lowest BCUT2D eigenvalue weighted by molar-refractivity contribution is -0.0792. The van der Waals surface area contributed by atoms with Crippen LogP contribution in [-0.4, -0.2) is 61.7 Å². The van der Waals surface area contributed by atoms with Crippen molar-refractivity contribution < 1.29 is 9.53 Å². The molecule has 6 nitrogen and oxygen atoms in total. The molecule has 0 atom stereocenters. The van der Waals surface area contributed by atoms with Gasteiger partial charge in [0, 0.05) is 55.6 Å². The lowest BCUT2D eigenvalue weighted by Gasteiger charge is -2.40. The molecule has 0 bridgehead atoms. The minimum absolute atomic E-state index is 0. The van der Waals surface area contributed by atoms with E-state index in [-0.39, 0.29) is 36.3 Å². The van der Waals surface area contributed by atoms with Crippen LogP contribution in [0.2, 0.25) is 0 Å². The summed E-state index contributed by atoms with van der Waals surface area (Å²) in [6.07, 6.45) is 6.56. The Balaban J connectivity index is 0.00000128. The van der Waals surface area contributed by atoms with Gasteiger partial charge < -0.3 is 19.9 Å². The quantitative estimate of drug-likeness (QED) is 0.730. The highest BCUT2D eigenvalue weighted by atomic mass is 35.5. The highest BCUT2D eigenvalue weighted by molar-refractivity contribution is 7.14. The second kappa shape index (κ2) is 9.83. The lowest BCUT2D eigenvalue weighted by Crippen LogP contribution is -2.48. The zero-order valence-electron chi connectivity index (χ0n) is 16.8. The smallest absolute Gasteiger partial charge is 0.264 e. The van der Waals surface area contributed by atoms with Crippen LogP contribution in [-0.2, 0) is 16.8 Å². The van der Waals surface area contributed by atoms with Gasteiger partial charge in [-0.15, -0.1) is 36.2 Å². The molecule has 5 rings (SSSR count). The summed E-state index contributed by atoms with van der Waals surface area (Å²) in [5.74, 6) is 0.179. The number of anilines is 1. The number of hydrogen-bond donors (Lipinski definition) is 1. The van der Waals surface area contributed by atoms with Gasteiger partial charge in [-0.3, -0.25) is 9.78 Å². The number of rotatable bonds is 2. The summed E-state index contributed by atoms with van der Waals surface area (Å²) in [5.41, 5.74) is 2.29. The number of piperazine rings is 1. The Hall–Kier alpha value is -1.38. The predicted molar refractivity (Wildman–Crippen MR) is 125 cm³/mol. The third-order valence-corrected chi connectivity index (χ3v) is 7.41. The fourth-order valence-electron chi connectivity index (χ4n) is 4.65. The van der Waals surface area contributed by atoms with Crippen molar-refractivity contribution in [3.05, 3.63) is 45.9 Å². The van der Waals surface area contributed by atoms with E-state index in [9.17, 15) is 4.79 Å². The number of piperidine rings is 1. The molecule has 0 aromatic carbocycles. The van der Waals surface area contributed by atoms with Gasteiger partial charge in [-0.1, -0.05) is 0 Å². The first kappa shape index (κ1) is 23.3. The van der Waals surface area contributed by atoms with Crippen LogP contribution in [0.25, 0.3) is 0 Å². The number of carbonyl (C=O) groups excluding carboxylic acids is 1. The molecule has 164 valence electrons. The minimum Gasteiger partial charge on any atom is -0.370 e. The Bertz CT molecular complexity index is 850. The molecule has 9 heteroatoms. The van der Waals surface area contributed by atoms with E-state index in [1.165, 1.54) is 16.1 Å². The van der Waals surface area contributed by atoms with Gasteiger partial charge in [0.25, 0.3) is 5.91 Å². The summed E-state index contributed by atoms with van der Waals surface area (Å²) < 4.78 is 6.26. The van der Waals surface area contributed by atoms with Gasteiger partial charge in [0.1, 0.15) is 0 Å². The molecule has 30 heavy (non-hydrogen) atoms. The third kappa shape index (κ3) is 4.32. The van der Waals surface area contributed by atoms with E-state index in [0.717, 1.165) is 70.0 Å². The summed E-state index contributed by atoms with van der Waals surface area (Å²) in [5, 5.41) is 3.43. The molecule has 0 unspecified atom stereocenters. The second-order valence-corrected chi connectivity index (χ2v) is 8.91. The number of amides is 1. The van der Waals surface area contributed by atoms with Crippen LogP contribution in [0.3, 0.4) is 0 Å². The van der Waals surface area contributed by atoms with Crippen molar-refractivity contribution in [3.8, 4) is 0 Å². The molecule has 1 spiro atoms. The summed E-state index contributed by atoms with van der Waals surface area (Å²) in [6.45, 7) is 5.97. The van der Waals surface area contributed by atoms with Gasteiger partial charge in [0.2, 0.25) is 0 Å². The molecule has 3 aliphatic rings. The van der Waals surface area contributed by atoms with E-state index in [4.69, 9.17) is 4.74 Å². The lowest BCUT2D eigenvalue weighted by atomic mass is 9.83. The summed E-state index contributed by atoms with van der Waals surface area (Å²) >= 11 is 1.69. The molecule has 2 fully saturated rings. The molecular weight excluding hydrogens is 443 g/mol. The number of nitrogens with zero attached hydrogens (tertiary/aromatic N) is 3. The third-order valence-electron chi connectivity index (χ3n) is 6.22. The molecule has 1 N–H and O–H groups in total. The summed E-state index contributed by atoms with van der Waals surface area (Å²) in [4.78, 5) is 23.8. The van der Waals surface area contributed by atoms with Gasteiger partial charge in [-0.2, -0.15) is 0 Å².